The number of aromatic amines is 1. The van der Waals surface area contributed by atoms with Crippen LogP contribution in [0.15, 0.2) is 48.5 Å². The van der Waals surface area contributed by atoms with Gasteiger partial charge in [0.1, 0.15) is 17.3 Å². The summed E-state index contributed by atoms with van der Waals surface area (Å²) in [6.45, 7) is 3.83. The van der Waals surface area contributed by atoms with Gasteiger partial charge in [0.05, 0.1) is 25.8 Å². The number of rotatable bonds is 8. The maximum absolute atomic E-state index is 13.2. The van der Waals surface area contributed by atoms with Crippen LogP contribution in [0, 0.1) is 12.7 Å². The number of hydrogen-bond acceptors (Lipinski definition) is 4. The first-order chi connectivity index (χ1) is 15.5. The van der Waals surface area contributed by atoms with Gasteiger partial charge in [0, 0.05) is 42.8 Å². The van der Waals surface area contributed by atoms with Gasteiger partial charge in [-0.05, 0) is 37.6 Å². The molecule has 2 aromatic carbocycles. The molecule has 1 atom stereocenters. The molecule has 0 unspecified atom stereocenters. The van der Waals surface area contributed by atoms with E-state index in [0.717, 1.165) is 41.2 Å². The number of likely N-dealkylation sites (tertiary alicyclic amines) is 1. The third kappa shape index (κ3) is 5.28. The van der Waals surface area contributed by atoms with E-state index in [-0.39, 0.29) is 17.6 Å². The number of nitrogens with one attached hydrogen (secondary N) is 1. The predicted octanol–water partition coefficient (Wildman–Crippen LogP) is 4.05. The van der Waals surface area contributed by atoms with Gasteiger partial charge < -0.3 is 14.4 Å². The minimum absolute atomic E-state index is 0.107. The van der Waals surface area contributed by atoms with Crippen LogP contribution >= 0.6 is 0 Å². The maximum atomic E-state index is 13.2. The Morgan fingerprint density at radius 1 is 1.25 bits per heavy atom. The van der Waals surface area contributed by atoms with Crippen LogP contribution in [0.1, 0.15) is 34.9 Å². The van der Waals surface area contributed by atoms with Crippen molar-refractivity contribution in [3.05, 3.63) is 76.9 Å². The molecular formula is C25H28FN3O3. The van der Waals surface area contributed by atoms with E-state index < -0.39 is 0 Å². The van der Waals surface area contributed by atoms with Gasteiger partial charge in [-0.2, -0.15) is 5.10 Å². The Labute approximate surface area is 187 Å². The lowest BCUT2D eigenvalue weighted by molar-refractivity contribution is -0.129. The van der Waals surface area contributed by atoms with E-state index >= 15 is 0 Å². The first-order valence-electron chi connectivity index (χ1n) is 10.9. The van der Waals surface area contributed by atoms with Crippen molar-refractivity contribution in [2.24, 2.45) is 0 Å². The topological polar surface area (TPSA) is 67.4 Å². The summed E-state index contributed by atoms with van der Waals surface area (Å²) >= 11 is 0. The highest BCUT2D eigenvalue weighted by molar-refractivity contribution is 5.80. The molecule has 7 heteroatoms. The number of aryl methyl sites for hydroxylation is 1. The van der Waals surface area contributed by atoms with Crippen LogP contribution in [0.25, 0.3) is 0 Å². The van der Waals surface area contributed by atoms with Crippen molar-refractivity contribution < 1.29 is 18.7 Å². The minimum atomic E-state index is -0.312. The van der Waals surface area contributed by atoms with Crippen LogP contribution in [0.3, 0.4) is 0 Å². The highest BCUT2D eigenvalue weighted by Crippen LogP contribution is 2.28. The van der Waals surface area contributed by atoms with Crippen LogP contribution in [0.4, 0.5) is 4.39 Å². The Balaban J connectivity index is 1.29. The molecule has 0 aliphatic carbocycles. The van der Waals surface area contributed by atoms with Crippen molar-refractivity contribution in [2.75, 3.05) is 26.8 Å². The van der Waals surface area contributed by atoms with Crippen molar-refractivity contribution in [3.63, 3.8) is 0 Å². The highest BCUT2D eigenvalue weighted by Gasteiger charge is 2.29. The first-order valence-corrected chi connectivity index (χ1v) is 10.9. The van der Waals surface area contributed by atoms with Gasteiger partial charge in [0.15, 0.2) is 0 Å². The molecule has 0 bridgehead atoms. The molecular weight excluding hydrogens is 409 g/mol. The lowest BCUT2D eigenvalue weighted by Gasteiger charge is -2.17. The summed E-state index contributed by atoms with van der Waals surface area (Å²) < 4.78 is 24.2. The molecule has 1 N–H and O–H groups in total. The zero-order valence-corrected chi connectivity index (χ0v) is 18.4. The van der Waals surface area contributed by atoms with E-state index in [2.05, 4.69) is 10.2 Å². The Morgan fingerprint density at radius 2 is 2.12 bits per heavy atom. The number of nitrogens with zero attached hydrogens (tertiary/aromatic N) is 2. The number of carbonyl (C=O) groups excluding carboxylic acids is 1. The monoisotopic (exact) mass is 437 g/mol. The largest absolute Gasteiger partial charge is 0.496 e. The number of methoxy groups -OCH3 is 1. The number of carbonyl (C=O) groups is 1. The maximum Gasteiger partial charge on any atom is 0.227 e. The fraction of sp³-hybridized carbons (Fsp3) is 0.360. The number of H-pyrrole nitrogens is 1. The van der Waals surface area contributed by atoms with Gasteiger partial charge in [-0.15, -0.1) is 0 Å². The summed E-state index contributed by atoms with van der Waals surface area (Å²) in [6.07, 6.45) is 1.87. The van der Waals surface area contributed by atoms with Crippen molar-refractivity contribution in [1.29, 1.82) is 0 Å². The summed E-state index contributed by atoms with van der Waals surface area (Å²) in [5, 5.41) is 7.52. The second-order valence-electron chi connectivity index (χ2n) is 8.19. The molecule has 3 aromatic rings. The molecule has 2 heterocycles. The Bertz CT molecular complexity index is 1080. The normalized spacial score (nSPS) is 15.7. The molecule has 0 spiro atoms. The number of hydrogen-bond donors (Lipinski definition) is 1. The van der Waals surface area contributed by atoms with Gasteiger partial charge in [0.25, 0.3) is 0 Å². The fourth-order valence-corrected chi connectivity index (χ4v) is 4.10. The Hall–Kier alpha value is -3.35. The number of amides is 1. The van der Waals surface area contributed by atoms with Gasteiger partial charge in [-0.3, -0.25) is 9.89 Å². The van der Waals surface area contributed by atoms with E-state index in [9.17, 15) is 9.18 Å². The molecule has 1 aromatic heterocycles. The second kappa shape index (κ2) is 9.85. The van der Waals surface area contributed by atoms with Crippen molar-refractivity contribution in [1.82, 2.24) is 15.1 Å². The van der Waals surface area contributed by atoms with Crippen LogP contribution < -0.4 is 9.47 Å². The molecule has 1 fully saturated rings. The molecule has 1 aliphatic heterocycles. The van der Waals surface area contributed by atoms with Gasteiger partial charge in [-0.25, -0.2) is 4.39 Å². The lowest BCUT2D eigenvalue weighted by Crippen LogP contribution is -2.30. The van der Waals surface area contributed by atoms with Gasteiger partial charge in [-0.1, -0.05) is 23.8 Å². The SMILES string of the molecule is COc1ccc(C)cc1CC(=O)N1CC[C@H](c2cc(CCOc3cccc(F)c3)[nH]n2)C1. The highest BCUT2D eigenvalue weighted by atomic mass is 19.1. The third-order valence-electron chi connectivity index (χ3n) is 5.82. The third-order valence-corrected chi connectivity index (χ3v) is 5.82. The van der Waals surface area contributed by atoms with E-state index in [1.807, 2.05) is 36.1 Å². The van der Waals surface area contributed by atoms with E-state index in [4.69, 9.17) is 9.47 Å². The first kappa shape index (κ1) is 21.9. The molecule has 32 heavy (non-hydrogen) atoms. The molecule has 1 amide bonds. The molecule has 0 saturated carbocycles. The van der Waals surface area contributed by atoms with Gasteiger partial charge >= 0.3 is 0 Å². The van der Waals surface area contributed by atoms with E-state index in [1.165, 1.54) is 12.1 Å². The van der Waals surface area contributed by atoms with Crippen LogP contribution in [-0.4, -0.2) is 47.8 Å². The molecule has 1 aliphatic rings. The summed E-state index contributed by atoms with van der Waals surface area (Å²) in [4.78, 5) is 14.8. The Kier molecular flexibility index (Phi) is 6.73. The molecule has 4 rings (SSSR count). The number of ether oxygens (including phenoxy) is 2. The minimum Gasteiger partial charge on any atom is -0.496 e. The zero-order chi connectivity index (χ0) is 22.5. The van der Waals surface area contributed by atoms with Crippen molar-refractivity contribution >= 4 is 5.91 Å². The number of benzene rings is 2. The average molecular weight is 438 g/mol. The molecule has 168 valence electrons. The summed E-state index contributed by atoms with van der Waals surface area (Å²) in [7, 11) is 1.63. The number of aromatic nitrogens is 2. The van der Waals surface area contributed by atoms with Crippen LogP contribution in [0.2, 0.25) is 0 Å². The van der Waals surface area contributed by atoms with Crippen molar-refractivity contribution in [2.45, 2.75) is 32.1 Å². The molecule has 0 radical (unpaired) electrons. The zero-order valence-electron chi connectivity index (χ0n) is 18.4. The second-order valence-corrected chi connectivity index (χ2v) is 8.19. The van der Waals surface area contributed by atoms with Crippen LogP contribution in [-0.2, 0) is 17.6 Å². The predicted molar refractivity (Wildman–Crippen MR) is 120 cm³/mol. The Morgan fingerprint density at radius 3 is 2.94 bits per heavy atom. The quantitative estimate of drug-likeness (QED) is 0.578. The summed E-state index contributed by atoms with van der Waals surface area (Å²) in [6, 6.07) is 14.1. The van der Waals surface area contributed by atoms with E-state index in [1.54, 1.807) is 19.2 Å². The summed E-state index contributed by atoms with van der Waals surface area (Å²) in [5.41, 5.74) is 3.96. The smallest absolute Gasteiger partial charge is 0.227 e. The van der Waals surface area contributed by atoms with Crippen molar-refractivity contribution in [3.8, 4) is 11.5 Å². The average Bonchev–Trinajstić information content (AvgIpc) is 3.44. The summed E-state index contributed by atoms with van der Waals surface area (Å²) in [5.74, 6) is 1.27. The van der Waals surface area contributed by atoms with Gasteiger partial charge in [0.2, 0.25) is 5.91 Å². The molecule has 6 nitrogen and oxygen atoms in total. The molecule has 1 saturated heterocycles. The van der Waals surface area contributed by atoms with Crippen LogP contribution in [0.5, 0.6) is 11.5 Å². The van der Waals surface area contributed by atoms with E-state index in [0.29, 0.717) is 31.7 Å². The fourth-order valence-electron chi connectivity index (χ4n) is 4.10. The number of halogens is 1. The lowest BCUT2D eigenvalue weighted by atomic mass is 10.0. The standard InChI is InChI=1S/C25H28FN3O3/c1-17-6-7-24(31-2)19(12-17)13-25(30)29-10-8-18(16-29)23-15-21(27-28-23)9-11-32-22-5-3-4-20(26)14-22/h3-7,12,14-15,18H,8-11,13,16H2,1-2H3,(H,27,28)/t18-/m0/s1.